The van der Waals surface area contributed by atoms with Gasteiger partial charge in [-0.3, -0.25) is 0 Å². The molecule has 0 aromatic heterocycles. The fourth-order valence-electron chi connectivity index (χ4n) is 5.53. The fraction of sp³-hybridized carbons (Fsp3) is 0.526. The first-order valence-electron chi connectivity index (χ1n) is 16.9. The van der Waals surface area contributed by atoms with E-state index in [9.17, 15) is 0 Å². The molecule has 5 heteroatoms. The Kier molecular flexibility index (Phi) is 22.6. The zero-order valence-electron chi connectivity index (χ0n) is 27.4. The van der Waals surface area contributed by atoms with E-state index in [0.29, 0.717) is 0 Å². The Morgan fingerprint density at radius 3 is 1.21 bits per heavy atom. The normalized spacial score (nSPS) is 11.1. The van der Waals surface area contributed by atoms with E-state index < -0.39 is 17.0 Å². The molecule has 0 heterocycles. The molecule has 0 saturated carbocycles. The van der Waals surface area contributed by atoms with E-state index in [1.807, 2.05) is 0 Å². The van der Waals surface area contributed by atoms with Crippen molar-refractivity contribution in [1.29, 1.82) is 0 Å². The van der Waals surface area contributed by atoms with Crippen LogP contribution in [0.1, 0.15) is 105 Å². The summed E-state index contributed by atoms with van der Waals surface area (Å²) >= 11 is -0.556. The van der Waals surface area contributed by atoms with Crippen LogP contribution in [0.5, 0.6) is 0 Å². The summed E-state index contributed by atoms with van der Waals surface area (Å²) in [6.07, 6.45) is 22.3. The van der Waals surface area contributed by atoms with Crippen molar-refractivity contribution in [3.8, 4) is 0 Å². The van der Waals surface area contributed by atoms with Crippen molar-refractivity contribution in [2.24, 2.45) is 0 Å². The fourth-order valence-corrected chi connectivity index (χ4v) is 10.9. The van der Waals surface area contributed by atoms with Gasteiger partial charge in [-0.25, -0.2) is 0 Å². The number of halogens is 2. The zero-order valence-corrected chi connectivity index (χ0v) is 32.3. The van der Waals surface area contributed by atoms with Crippen molar-refractivity contribution in [2.75, 3.05) is 24.6 Å². The second-order valence-corrected chi connectivity index (χ2v) is 19.1. The second kappa shape index (κ2) is 25.0. The molecule has 238 valence electrons. The van der Waals surface area contributed by atoms with E-state index in [0.717, 1.165) is 0 Å². The predicted molar refractivity (Wildman–Crippen MR) is 201 cm³/mol. The van der Waals surface area contributed by atoms with Gasteiger partial charge < -0.3 is 0 Å². The van der Waals surface area contributed by atoms with Crippen LogP contribution in [0.15, 0.2) is 72.8 Å². The van der Waals surface area contributed by atoms with Gasteiger partial charge in [0.25, 0.3) is 0 Å². The molecule has 4 aromatic rings. The van der Waals surface area contributed by atoms with Crippen molar-refractivity contribution in [2.45, 2.75) is 105 Å². The number of rotatable bonds is 18. The number of hydrogen-bond acceptors (Lipinski definition) is 0. The molecule has 0 nitrogen and oxygen atoms in total. The standard InChI is InChI=1S/C21H32P.C17H24P.2ClH.Ti/c1-3-5-7-11-15-22(16-12-8-6-4-2)21-17-19-13-9-10-14-20(19)18-21;1-3-5-11-18(12-6-4-2)17-13-15-9-7-8-10-16(15)14-17;;;/h9-10,13-14,17-18H,3-8,11-12,15-16H2,1-2H3;7-10,13-14H,3-6,11-12H2,1-2H3;2*1H;/q2*-1;;;+2/p-2. The summed E-state index contributed by atoms with van der Waals surface area (Å²) in [5.41, 5.74) is 0. The van der Waals surface area contributed by atoms with Crippen molar-refractivity contribution in [3.05, 3.63) is 72.8 Å². The first kappa shape index (κ1) is 39.0. The van der Waals surface area contributed by atoms with Gasteiger partial charge >= 0.3 is 35.6 Å². The van der Waals surface area contributed by atoms with Crippen LogP contribution in [0.25, 0.3) is 21.5 Å². The molecule has 0 bridgehead atoms. The molecule has 0 aliphatic heterocycles. The molecule has 0 aliphatic rings. The third-order valence-electron chi connectivity index (χ3n) is 8.06. The molecule has 0 radical (unpaired) electrons. The summed E-state index contributed by atoms with van der Waals surface area (Å²) in [4.78, 5) is 0. The molecule has 4 rings (SSSR count). The van der Waals surface area contributed by atoms with Gasteiger partial charge in [0.15, 0.2) is 0 Å². The van der Waals surface area contributed by atoms with E-state index in [1.54, 1.807) is 10.6 Å². The Bertz CT molecular complexity index is 1130. The molecule has 43 heavy (non-hydrogen) atoms. The Morgan fingerprint density at radius 1 is 0.512 bits per heavy atom. The number of unbranched alkanes of at least 4 members (excludes halogenated alkanes) is 8. The van der Waals surface area contributed by atoms with Crippen LogP contribution in [0.4, 0.5) is 0 Å². The van der Waals surface area contributed by atoms with Gasteiger partial charge in [0.2, 0.25) is 0 Å². The first-order chi connectivity index (χ1) is 21.1. The Labute approximate surface area is 284 Å². The molecule has 0 atom stereocenters. The van der Waals surface area contributed by atoms with Crippen LogP contribution >= 0.6 is 34.5 Å². The molecule has 0 saturated heterocycles. The summed E-state index contributed by atoms with van der Waals surface area (Å²) in [5.74, 6) is 0. The molecule has 0 fully saturated rings. The van der Waals surface area contributed by atoms with Crippen LogP contribution in [-0.4, -0.2) is 24.6 Å². The number of fused-ring (bicyclic) bond motifs is 2. The Balaban J connectivity index is 0.000000279. The summed E-state index contributed by atoms with van der Waals surface area (Å²) in [7, 11) is 9.93. The predicted octanol–water partition coefficient (Wildman–Crippen LogP) is 13.5. The Hall–Kier alpha value is -0.186. The maximum atomic E-state index is 4.89. The van der Waals surface area contributed by atoms with Crippen molar-refractivity contribution in [3.63, 3.8) is 0 Å². The van der Waals surface area contributed by atoms with Crippen LogP contribution in [0.3, 0.4) is 0 Å². The molecule has 0 amide bonds. The van der Waals surface area contributed by atoms with Crippen LogP contribution in [0, 0.1) is 0 Å². The third-order valence-corrected chi connectivity index (χ3v) is 13.5. The van der Waals surface area contributed by atoms with Crippen LogP contribution < -0.4 is 10.6 Å². The van der Waals surface area contributed by atoms with Crippen LogP contribution in [-0.2, 0) is 17.0 Å². The number of benzene rings is 2. The monoisotopic (exact) mass is 692 g/mol. The minimum absolute atomic E-state index is 0.0642. The van der Waals surface area contributed by atoms with Gasteiger partial charge in [-0.1, -0.05) is 107 Å². The van der Waals surface area contributed by atoms with Gasteiger partial charge in [0.05, 0.1) is 0 Å². The van der Waals surface area contributed by atoms with E-state index in [1.165, 1.54) is 123 Å². The molecule has 0 aliphatic carbocycles. The van der Waals surface area contributed by atoms with Crippen molar-refractivity contribution in [1.82, 2.24) is 0 Å². The molecule has 0 N–H and O–H groups in total. The van der Waals surface area contributed by atoms with Gasteiger partial charge in [0.1, 0.15) is 0 Å². The molecular weight excluding hydrogens is 637 g/mol. The SMILES string of the molecule is CCCCCCP(CCCCCC)c1cc2ccccc2[cH-]1.CCCCP(CCCC)c1cc2ccccc2[cH-]1.[Cl][Ti][Cl]. The summed E-state index contributed by atoms with van der Waals surface area (Å²) in [5, 5.41) is 9.01. The van der Waals surface area contributed by atoms with Crippen molar-refractivity contribution < 1.29 is 17.0 Å². The first-order valence-corrected chi connectivity index (χ1v) is 24.6. The van der Waals surface area contributed by atoms with Crippen molar-refractivity contribution >= 4 is 66.6 Å². The average Bonchev–Trinajstić information content (AvgIpc) is 3.66. The molecule has 4 aromatic carbocycles. The van der Waals surface area contributed by atoms with E-state index >= 15 is 0 Å². The van der Waals surface area contributed by atoms with E-state index in [4.69, 9.17) is 18.6 Å². The Morgan fingerprint density at radius 2 is 0.860 bits per heavy atom. The minimum atomic E-state index is -0.556. The summed E-state index contributed by atoms with van der Waals surface area (Å²) < 4.78 is 0. The zero-order chi connectivity index (χ0) is 31.1. The molecule has 0 spiro atoms. The quantitative estimate of drug-likeness (QED) is 0.0421. The van der Waals surface area contributed by atoms with Crippen LogP contribution in [0.2, 0.25) is 0 Å². The summed E-state index contributed by atoms with van der Waals surface area (Å²) in [6.45, 7) is 9.21. The topological polar surface area (TPSA) is 0 Å². The number of hydrogen-bond donors (Lipinski definition) is 0. The average molecular weight is 694 g/mol. The van der Waals surface area contributed by atoms with Gasteiger partial charge in [-0.2, -0.15) is 12.1 Å². The summed E-state index contributed by atoms with van der Waals surface area (Å²) in [6, 6.07) is 27.5. The van der Waals surface area contributed by atoms with Gasteiger partial charge in [-0.05, 0) is 50.3 Å². The second-order valence-electron chi connectivity index (χ2n) is 11.6. The van der Waals surface area contributed by atoms with E-state index in [-0.39, 0.29) is 15.8 Å². The maximum absolute atomic E-state index is 4.89. The van der Waals surface area contributed by atoms with Gasteiger partial charge in [0, 0.05) is 0 Å². The van der Waals surface area contributed by atoms with E-state index in [2.05, 4.69) is 100 Å². The third kappa shape index (κ3) is 15.3. The van der Waals surface area contributed by atoms with Gasteiger partial charge in [-0.15, -0.1) is 80.7 Å². The molecule has 0 unspecified atom stereocenters. The molecular formula is C38H56Cl2P2Ti-2.